The van der Waals surface area contributed by atoms with E-state index in [1.165, 1.54) is 0 Å². The van der Waals surface area contributed by atoms with Gasteiger partial charge in [0.05, 0.1) is 17.8 Å². The molecule has 92 valence electrons. The van der Waals surface area contributed by atoms with E-state index in [1.54, 1.807) is 18.2 Å². The third kappa shape index (κ3) is 2.77. The minimum atomic E-state index is -0.889. The van der Waals surface area contributed by atoms with Crippen LogP contribution < -0.4 is 4.90 Å². The van der Waals surface area contributed by atoms with Crippen molar-refractivity contribution < 1.29 is 14.6 Å². The third-order valence-electron chi connectivity index (χ3n) is 2.88. The van der Waals surface area contributed by atoms with Gasteiger partial charge >= 0.3 is 5.97 Å². The van der Waals surface area contributed by atoms with E-state index in [9.17, 15) is 4.79 Å². The molecule has 0 aromatic heterocycles. The first-order valence-electron chi connectivity index (χ1n) is 5.70. The molecule has 1 fully saturated rings. The first-order chi connectivity index (χ1) is 7.98. The van der Waals surface area contributed by atoms with Crippen molar-refractivity contribution in [2.75, 3.05) is 24.6 Å². The lowest BCUT2D eigenvalue weighted by atomic mass is 10.1. The minimum Gasteiger partial charge on any atom is -0.478 e. The topological polar surface area (TPSA) is 49.8 Å². The summed E-state index contributed by atoms with van der Waals surface area (Å²) in [6.45, 7) is 6.33. The van der Waals surface area contributed by atoms with Gasteiger partial charge < -0.3 is 14.7 Å². The average Bonchev–Trinajstić information content (AvgIpc) is 2.28. The molecule has 0 amide bonds. The molecule has 2 rings (SSSR count). The number of ether oxygens (including phenoxy) is 1. The lowest BCUT2D eigenvalue weighted by Gasteiger charge is -2.39. The Labute approximate surface area is 101 Å². The molecule has 0 bridgehead atoms. The number of carboxylic acids is 1. The number of rotatable bonds is 2. The summed E-state index contributed by atoms with van der Waals surface area (Å²) in [5.41, 5.74) is 1.09. The van der Waals surface area contributed by atoms with Crippen LogP contribution in [-0.4, -0.2) is 36.4 Å². The van der Waals surface area contributed by atoms with Crippen molar-refractivity contribution in [1.82, 2.24) is 0 Å². The molecular weight excluding hydrogens is 218 g/mol. The molecule has 1 saturated heterocycles. The maximum Gasteiger partial charge on any atom is 0.335 e. The summed E-state index contributed by atoms with van der Waals surface area (Å²) >= 11 is 0. The highest BCUT2D eigenvalue weighted by Gasteiger charge is 2.27. The van der Waals surface area contributed by atoms with Gasteiger partial charge in [0.1, 0.15) is 0 Å². The second-order valence-corrected chi connectivity index (χ2v) is 4.89. The molecule has 1 aliphatic rings. The van der Waals surface area contributed by atoms with E-state index in [0.717, 1.165) is 18.8 Å². The van der Waals surface area contributed by atoms with Gasteiger partial charge in [-0.3, -0.25) is 0 Å². The van der Waals surface area contributed by atoms with Crippen LogP contribution in [0.3, 0.4) is 0 Å². The molecule has 4 heteroatoms. The van der Waals surface area contributed by atoms with Crippen molar-refractivity contribution in [2.24, 2.45) is 0 Å². The second-order valence-electron chi connectivity index (χ2n) is 4.89. The van der Waals surface area contributed by atoms with E-state index >= 15 is 0 Å². The number of carboxylic acid groups (broad SMARTS) is 1. The molecule has 1 heterocycles. The van der Waals surface area contributed by atoms with E-state index in [2.05, 4.69) is 4.90 Å². The monoisotopic (exact) mass is 235 g/mol. The van der Waals surface area contributed by atoms with Crippen LogP contribution in [0.2, 0.25) is 0 Å². The fraction of sp³-hybridized carbons (Fsp3) is 0.462. The van der Waals surface area contributed by atoms with Crippen LogP contribution in [-0.2, 0) is 4.74 Å². The standard InChI is InChI=1S/C13H17NO3/c1-13(2)9-14(6-7-17-13)11-5-3-4-10(8-11)12(15)16/h3-5,8H,6-7,9H2,1-2H3,(H,15,16). The molecular formula is C13H17NO3. The molecule has 1 aromatic rings. The Balaban J connectivity index is 2.22. The maximum atomic E-state index is 10.9. The summed E-state index contributed by atoms with van der Waals surface area (Å²) in [5.74, 6) is -0.889. The molecule has 0 spiro atoms. The van der Waals surface area contributed by atoms with Gasteiger partial charge in [0.2, 0.25) is 0 Å². The zero-order chi connectivity index (χ0) is 12.5. The molecule has 4 nitrogen and oxygen atoms in total. The number of nitrogens with zero attached hydrogens (tertiary/aromatic N) is 1. The molecule has 0 atom stereocenters. The second kappa shape index (κ2) is 4.37. The largest absolute Gasteiger partial charge is 0.478 e. The van der Waals surface area contributed by atoms with Gasteiger partial charge in [-0.1, -0.05) is 6.07 Å². The Morgan fingerprint density at radius 2 is 2.24 bits per heavy atom. The first-order valence-corrected chi connectivity index (χ1v) is 5.70. The summed E-state index contributed by atoms with van der Waals surface area (Å²) in [6.07, 6.45) is 0. The van der Waals surface area contributed by atoms with E-state index in [0.29, 0.717) is 12.2 Å². The molecule has 1 aliphatic heterocycles. The van der Waals surface area contributed by atoms with Crippen LogP contribution in [0.5, 0.6) is 0 Å². The van der Waals surface area contributed by atoms with Crippen LogP contribution in [0.15, 0.2) is 24.3 Å². The predicted octanol–water partition coefficient (Wildman–Crippen LogP) is 2.00. The Morgan fingerprint density at radius 1 is 1.47 bits per heavy atom. The molecule has 1 N–H and O–H groups in total. The highest BCUT2D eigenvalue weighted by atomic mass is 16.5. The number of benzene rings is 1. The van der Waals surface area contributed by atoms with Crippen molar-refractivity contribution in [3.63, 3.8) is 0 Å². The summed E-state index contributed by atoms with van der Waals surface area (Å²) in [6, 6.07) is 7.04. The van der Waals surface area contributed by atoms with Crippen molar-refractivity contribution in [1.29, 1.82) is 0 Å². The van der Waals surface area contributed by atoms with Crippen LogP contribution in [0.1, 0.15) is 24.2 Å². The Kier molecular flexibility index (Phi) is 3.07. The normalized spacial score (nSPS) is 19.1. The number of morpholine rings is 1. The highest BCUT2D eigenvalue weighted by molar-refractivity contribution is 5.88. The van der Waals surface area contributed by atoms with Gasteiger partial charge in [-0.25, -0.2) is 4.79 Å². The zero-order valence-corrected chi connectivity index (χ0v) is 10.1. The summed E-state index contributed by atoms with van der Waals surface area (Å²) in [7, 11) is 0. The summed E-state index contributed by atoms with van der Waals surface area (Å²) in [5, 5.41) is 8.97. The van der Waals surface area contributed by atoms with Gasteiger partial charge in [-0.2, -0.15) is 0 Å². The molecule has 0 saturated carbocycles. The van der Waals surface area contributed by atoms with Gasteiger partial charge in [-0.05, 0) is 32.0 Å². The summed E-state index contributed by atoms with van der Waals surface area (Å²) in [4.78, 5) is 13.1. The van der Waals surface area contributed by atoms with Crippen LogP contribution >= 0.6 is 0 Å². The fourth-order valence-electron chi connectivity index (χ4n) is 2.07. The van der Waals surface area contributed by atoms with Crippen LogP contribution in [0.25, 0.3) is 0 Å². The number of hydrogen-bond acceptors (Lipinski definition) is 3. The first kappa shape index (κ1) is 11.9. The summed E-state index contributed by atoms with van der Waals surface area (Å²) < 4.78 is 5.64. The smallest absolute Gasteiger partial charge is 0.335 e. The quantitative estimate of drug-likeness (QED) is 0.851. The molecule has 0 aliphatic carbocycles. The third-order valence-corrected chi connectivity index (χ3v) is 2.88. The van der Waals surface area contributed by atoms with E-state index in [-0.39, 0.29) is 5.60 Å². The van der Waals surface area contributed by atoms with E-state index < -0.39 is 5.97 Å². The Hall–Kier alpha value is -1.55. The zero-order valence-electron chi connectivity index (χ0n) is 10.1. The average molecular weight is 235 g/mol. The van der Waals surface area contributed by atoms with Crippen molar-refractivity contribution >= 4 is 11.7 Å². The van der Waals surface area contributed by atoms with Crippen molar-refractivity contribution in [2.45, 2.75) is 19.4 Å². The Morgan fingerprint density at radius 3 is 2.88 bits per heavy atom. The number of carbonyl (C=O) groups is 1. The Bertz CT molecular complexity index is 428. The molecule has 1 aromatic carbocycles. The maximum absolute atomic E-state index is 10.9. The SMILES string of the molecule is CC1(C)CN(c2cccc(C(=O)O)c2)CCO1. The van der Waals surface area contributed by atoms with Crippen molar-refractivity contribution in [3.8, 4) is 0 Å². The van der Waals surface area contributed by atoms with Gasteiger partial charge in [0.15, 0.2) is 0 Å². The molecule has 17 heavy (non-hydrogen) atoms. The number of hydrogen-bond donors (Lipinski definition) is 1. The molecule has 0 radical (unpaired) electrons. The number of anilines is 1. The fourth-order valence-corrected chi connectivity index (χ4v) is 2.07. The molecule has 0 unspecified atom stereocenters. The van der Waals surface area contributed by atoms with Gasteiger partial charge in [-0.15, -0.1) is 0 Å². The number of aromatic carboxylic acids is 1. The highest BCUT2D eigenvalue weighted by Crippen LogP contribution is 2.23. The van der Waals surface area contributed by atoms with Crippen LogP contribution in [0, 0.1) is 0 Å². The van der Waals surface area contributed by atoms with Crippen molar-refractivity contribution in [3.05, 3.63) is 29.8 Å². The predicted molar refractivity (Wildman–Crippen MR) is 65.6 cm³/mol. The van der Waals surface area contributed by atoms with Crippen LogP contribution in [0.4, 0.5) is 5.69 Å². The van der Waals surface area contributed by atoms with Gasteiger partial charge in [0, 0.05) is 18.8 Å². The minimum absolute atomic E-state index is 0.183. The van der Waals surface area contributed by atoms with E-state index in [4.69, 9.17) is 9.84 Å². The lowest BCUT2D eigenvalue weighted by Crippen LogP contribution is -2.48. The van der Waals surface area contributed by atoms with E-state index in [1.807, 2.05) is 19.9 Å². The van der Waals surface area contributed by atoms with Gasteiger partial charge in [0.25, 0.3) is 0 Å². The lowest BCUT2D eigenvalue weighted by molar-refractivity contribution is -0.0276.